The van der Waals surface area contributed by atoms with Crippen molar-refractivity contribution in [3.05, 3.63) is 52.5 Å². The Labute approximate surface area is 170 Å². The average molecular weight is 413 g/mol. The molecule has 3 rings (SSSR count). The van der Waals surface area contributed by atoms with Gasteiger partial charge in [0.25, 0.3) is 5.91 Å². The number of ketones is 1. The van der Waals surface area contributed by atoms with Crippen molar-refractivity contribution >= 4 is 34.7 Å². The SMILES string of the molecule is CC(=O)c1ccc(NC(=O)C(C)OC(=O)CCc2nc(-c3ccsc3)no2)cc1. The number of benzene rings is 1. The molecule has 1 unspecified atom stereocenters. The van der Waals surface area contributed by atoms with E-state index in [1.165, 1.54) is 25.2 Å². The van der Waals surface area contributed by atoms with Gasteiger partial charge in [-0.1, -0.05) is 5.16 Å². The molecule has 0 fully saturated rings. The second kappa shape index (κ2) is 9.24. The lowest BCUT2D eigenvalue weighted by Crippen LogP contribution is -2.30. The van der Waals surface area contributed by atoms with Gasteiger partial charge in [0.05, 0.1) is 6.42 Å². The van der Waals surface area contributed by atoms with Crippen LogP contribution in [0.5, 0.6) is 0 Å². The normalized spacial score (nSPS) is 11.7. The number of aromatic nitrogens is 2. The second-order valence-corrected chi connectivity index (χ2v) is 7.06. The van der Waals surface area contributed by atoms with Crippen LogP contribution in [0.15, 0.2) is 45.6 Å². The number of carbonyl (C=O) groups excluding carboxylic acids is 3. The number of amides is 1. The van der Waals surface area contributed by atoms with Gasteiger partial charge in [0, 0.05) is 28.6 Å². The van der Waals surface area contributed by atoms with Crippen LogP contribution in [0.3, 0.4) is 0 Å². The molecular formula is C20H19N3O5S. The lowest BCUT2D eigenvalue weighted by atomic mass is 10.1. The van der Waals surface area contributed by atoms with Gasteiger partial charge in [0.15, 0.2) is 11.9 Å². The Kier molecular flexibility index (Phi) is 6.50. The fraction of sp³-hybridized carbons (Fsp3) is 0.250. The number of nitrogens with one attached hydrogen (secondary N) is 1. The van der Waals surface area contributed by atoms with Gasteiger partial charge in [-0.3, -0.25) is 14.4 Å². The van der Waals surface area contributed by atoms with Gasteiger partial charge in [-0.25, -0.2) is 0 Å². The summed E-state index contributed by atoms with van der Waals surface area (Å²) in [7, 11) is 0. The van der Waals surface area contributed by atoms with Crippen molar-refractivity contribution in [2.24, 2.45) is 0 Å². The van der Waals surface area contributed by atoms with Gasteiger partial charge >= 0.3 is 5.97 Å². The van der Waals surface area contributed by atoms with E-state index < -0.39 is 18.0 Å². The summed E-state index contributed by atoms with van der Waals surface area (Å²) in [6.45, 7) is 2.95. The van der Waals surface area contributed by atoms with E-state index in [0.29, 0.717) is 23.0 Å². The molecule has 1 aromatic carbocycles. The third kappa shape index (κ3) is 5.58. The number of esters is 1. The average Bonchev–Trinajstić information content (AvgIpc) is 3.38. The third-order valence-electron chi connectivity index (χ3n) is 4.03. The molecule has 1 amide bonds. The quantitative estimate of drug-likeness (QED) is 0.444. The second-order valence-electron chi connectivity index (χ2n) is 6.28. The molecule has 9 heteroatoms. The van der Waals surface area contributed by atoms with Crippen LogP contribution in [0.4, 0.5) is 5.69 Å². The van der Waals surface area contributed by atoms with Gasteiger partial charge in [-0.15, -0.1) is 0 Å². The molecule has 0 radical (unpaired) electrons. The van der Waals surface area contributed by atoms with Crippen LogP contribution in [-0.2, 0) is 20.7 Å². The highest BCUT2D eigenvalue weighted by Gasteiger charge is 2.19. The molecule has 0 saturated carbocycles. The van der Waals surface area contributed by atoms with E-state index in [0.717, 1.165) is 5.56 Å². The number of Topliss-reactive ketones (excluding diaryl/α,β-unsaturated/α-hetero) is 1. The summed E-state index contributed by atoms with van der Waals surface area (Å²) in [4.78, 5) is 39.7. The predicted octanol–water partition coefficient (Wildman–Crippen LogP) is 3.50. The monoisotopic (exact) mass is 413 g/mol. The molecule has 8 nitrogen and oxygen atoms in total. The number of anilines is 1. The molecule has 29 heavy (non-hydrogen) atoms. The highest BCUT2D eigenvalue weighted by atomic mass is 32.1. The van der Waals surface area contributed by atoms with Crippen molar-refractivity contribution in [3.8, 4) is 11.4 Å². The number of thiophene rings is 1. The first kappa shape index (κ1) is 20.4. The first-order chi connectivity index (χ1) is 13.9. The summed E-state index contributed by atoms with van der Waals surface area (Å²) < 4.78 is 10.3. The number of ether oxygens (including phenoxy) is 1. The number of nitrogens with zero attached hydrogens (tertiary/aromatic N) is 2. The van der Waals surface area contributed by atoms with E-state index in [2.05, 4.69) is 15.5 Å². The standard InChI is InChI=1S/C20H19N3O5S/c1-12(24)14-3-5-16(6-4-14)21-20(26)13(2)27-18(25)8-7-17-22-19(23-28-17)15-9-10-29-11-15/h3-6,9-11,13H,7-8H2,1-2H3,(H,21,26). The Hall–Kier alpha value is -3.33. The third-order valence-corrected chi connectivity index (χ3v) is 4.71. The Balaban J connectivity index is 1.46. The van der Waals surface area contributed by atoms with Crippen molar-refractivity contribution in [1.29, 1.82) is 0 Å². The zero-order valence-corrected chi connectivity index (χ0v) is 16.7. The summed E-state index contributed by atoms with van der Waals surface area (Å²) in [5, 5.41) is 10.3. The van der Waals surface area contributed by atoms with E-state index in [1.54, 1.807) is 24.3 Å². The maximum atomic E-state index is 12.2. The molecule has 0 bridgehead atoms. The lowest BCUT2D eigenvalue weighted by molar-refractivity contribution is -0.153. The molecule has 0 aliphatic heterocycles. The number of rotatable bonds is 8. The van der Waals surface area contributed by atoms with E-state index in [1.807, 2.05) is 16.8 Å². The first-order valence-electron chi connectivity index (χ1n) is 8.89. The van der Waals surface area contributed by atoms with Gasteiger partial charge in [-0.05, 0) is 49.6 Å². The Morgan fingerprint density at radius 2 is 1.97 bits per heavy atom. The number of aryl methyl sites for hydroxylation is 1. The minimum Gasteiger partial charge on any atom is -0.453 e. The smallest absolute Gasteiger partial charge is 0.307 e. The van der Waals surface area contributed by atoms with Crippen LogP contribution in [-0.4, -0.2) is 33.9 Å². The molecule has 2 heterocycles. The molecule has 0 aliphatic carbocycles. The first-order valence-corrected chi connectivity index (χ1v) is 9.83. The van der Waals surface area contributed by atoms with Crippen LogP contribution < -0.4 is 5.32 Å². The molecule has 0 saturated heterocycles. The maximum absolute atomic E-state index is 12.2. The minimum absolute atomic E-state index is 0.0101. The van der Waals surface area contributed by atoms with Gasteiger partial charge in [0.1, 0.15) is 0 Å². The van der Waals surface area contributed by atoms with E-state index >= 15 is 0 Å². The van der Waals surface area contributed by atoms with Crippen molar-refractivity contribution in [3.63, 3.8) is 0 Å². The van der Waals surface area contributed by atoms with Crippen LogP contribution in [0.2, 0.25) is 0 Å². The van der Waals surface area contributed by atoms with Crippen LogP contribution in [0.25, 0.3) is 11.4 Å². The zero-order valence-electron chi connectivity index (χ0n) is 15.9. The molecule has 2 aromatic heterocycles. The Morgan fingerprint density at radius 1 is 1.21 bits per heavy atom. The highest BCUT2D eigenvalue weighted by Crippen LogP contribution is 2.19. The molecule has 1 N–H and O–H groups in total. The summed E-state index contributed by atoms with van der Waals surface area (Å²) in [5.41, 5.74) is 1.91. The molecule has 3 aromatic rings. The van der Waals surface area contributed by atoms with Crippen molar-refractivity contribution in [1.82, 2.24) is 10.1 Å². The van der Waals surface area contributed by atoms with E-state index in [4.69, 9.17) is 9.26 Å². The summed E-state index contributed by atoms with van der Waals surface area (Å²) in [6.07, 6.45) is -0.744. The topological polar surface area (TPSA) is 111 Å². The molecule has 1 atom stereocenters. The van der Waals surface area contributed by atoms with Crippen molar-refractivity contribution < 1.29 is 23.6 Å². The van der Waals surface area contributed by atoms with Gasteiger partial charge < -0.3 is 14.6 Å². The molecular weight excluding hydrogens is 394 g/mol. The molecule has 0 aliphatic rings. The zero-order chi connectivity index (χ0) is 20.8. The fourth-order valence-electron chi connectivity index (χ4n) is 2.42. The van der Waals surface area contributed by atoms with Crippen LogP contribution in [0.1, 0.15) is 36.5 Å². The number of hydrogen-bond acceptors (Lipinski definition) is 8. The van der Waals surface area contributed by atoms with E-state index in [9.17, 15) is 14.4 Å². The summed E-state index contributed by atoms with van der Waals surface area (Å²) in [6, 6.07) is 8.34. The Bertz CT molecular complexity index is 996. The predicted molar refractivity (Wildman–Crippen MR) is 107 cm³/mol. The number of hydrogen-bond donors (Lipinski definition) is 1. The highest BCUT2D eigenvalue weighted by molar-refractivity contribution is 7.08. The van der Waals surface area contributed by atoms with Crippen LogP contribution >= 0.6 is 11.3 Å². The summed E-state index contributed by atoms with van der Waals surface area (Å²) >= 11 is 1.53. The maximum Gasteiger partial charge on any atom is 0.307 e. The Morgan fingerprint density at radius 3 is 2.62 bits per heavy atom. The molecule has 150 valence electrons. The van der Waals surface area contributed by atoms with E-state index in [-0.39, 0.29) is 18.6 Å². The van der Waals surface area contributed by atoms with Gasteiger partial charge in [0.2, 0.25) is 11.7 Å². The molecule has 0 spiro atoms. The number of carbonyl (C=O) groups is 3. The largest absolute Gasteiger partial charge is 0.453 e. The van der Waals surface area contributed by atoms with Gasteiger partial charge in [-0.2, -0.15) is 16.3 Å². The minimum atomic E-state index is -0.973. The summed E-state index contributed by atoms with van der Waals surface area (Å²) in [5.74, 6) is -0.279. The van der Waals surface area contributed by atoms with Crippen LogP contribution in [0, 0.1) is 0 Å². The lowest BCUT2D eigenvalue weighted by Gasteiger charge is -2.13. The van der Waals surface area contributed by atoms with Crippen molar-refractivity contribution in [2.45, 2.75) is 32.8 Å². The van der Waals surface area contributed by atoms with Crippen molar-refractivity contribution in [2.75, 3.05) is 5.32 Å². The fourth-order valence-corrected chi connectivity index (χ4v) is 3.05.